The summed E-state index contributed by atoms with van der Waals surface area (Å²) >= 11 is 0. The number of para-hydroxylation sites is 1. The lowest BCUT2D eigenvalue weighted by atomic mass is 10.2. The van der Waals surface area contributed by atoms with Gasteiger partial charge in [-0.25, -0.2) is 9.67 Å². The van der Waals surface area contributed by atoms with E-state index in [0.717, 1.165) is 56.2 Å². The highest BCUT2D eigenvalue weighted by atomic mass is 19.4. The predicted octanol–water partition coefficient (Wildman–Crippen LogP) is 3.61. The van der Waals surface area contributed by atoms with Crippen LogP contribution >= 0.6 is 0 Å². The van der Waals surface area contributed by atoms with E-state index < -0.39 is 11.7 Å². The van der Waals surface area contributed by atoms with Crippen LogP contribution in [0.1, 0.15) is 11.1 Å². The number of rotatable bonds is 4. The van der Waals surface area contributed by atoms with Crippen LogP contribution in [0.5, 0.6) is 0 Å². The monoisotopic (exact) mass is 387 g/mol. The van der Waals surface area contributed by atoms with E-state index in [9.17, 15) is 13.2 Å². The normalized spacial score (nSPS) is 15.8. The highest BCUT2D eigenvalue weighted by Gasteiger charge is 2.31. The van der Waals surface area contributed by atoms with E-state index in [4.69, 9.17) is 0 Å². The smallest absolute Gasteiger partial charge is 0.354 e. The maximum absolute atomic E-state index is 12.7. The first kappa shape index (κ1) is 18.5. The SMILES string of the molecule is FC(F)(F)c1ccc(N2CCN(Cc3cnn(-c4ccccc4)c3)CC2)nc1. The zero-order valence-electron chi connectivity index (χ0n) is 15.2. The van der Waals surface area contributed by atoms with E-state index in [1.54, 1.807) is 0 Å². The Morgan fingerprint density at radius 2 is 1.64 bits per heavy atom. The van der Waals surface area contributed by atoms with Gasteiger partial charge in [-0.1, -0.05) is 18.2 Å². The van der Waals surface area contributed by atoms with Gasteiger partial charge in [-0.15, -0.1) is 0 Å². The molecule has 3 heterocycles. The molecule has 28 heavy (non-hydrogen) atoms. The summed E-state index contributed by atoms with van der Waals surface area (Å²) in [4.78, 5) is 8.32. The summed E-state index contributed by atoms with van der Waals surface area (Å²) < 4.78 is 39.8. The third kappa shape index (κ3) is 4.17. The maximum Gasteiger partial charge on any atom is 0.417 e. The Morgan fingerprint density at radius 3 is 2.29 bits per heavy atom. The van der Waals surface area contributed by atoms with Gasteiger partial charge in [0.05, 0.1) is 17.4 Å². The molecule has 0 N–H and O–H groups in total. The molecule has 1 fully saturated rings. The van der Waals surface area contributed by atoms with Crippen molar-refractivity contribution < 1.29 is 13.2 Å². The van der Waals surface area contributed by atoms with Crippen LogP contribution < -0.4 is 4.90 Å². The number of anilines is 1. The molecule has 146 valence electrons. The van der Waals surface area contributed by atoms with Crippen LogP contribution in [0.4, 0.5) is 19.0 Å². The molecule has 0 aliphatic carbocycles. The molecule has 0 atom stereocenters. The lowest BCUT2D eigenvalue weighted by Gasteiger charge is -2.35. The van der Waals surface area contributed by atoms with Gasteiger partial charge in [0, 0.05) is 50.7 Å². The van der Waals surface area contributed by atoms with Gasteiger partial charge in [0.1, 0.15) is 5.82 Å². The zero-order chi connectivity index (χ0) is 19.6. The van der Waals surface area contributed by atoms with Gasteiger partial charge in [0.2, 0.25) is 0 Å². The van der Waals surface area contributed by atoms with E-state index in [-0.39, 0.29) is 0 Å². The summed E-state index contributed by atoms with van der Waals surface area (Å²) in [6.07, 6.45) is 0.448. The van der Waals surface area contributed by atoms with Gasteiger partial charge in [-0.2, -0.15) is 18.3 Å². The number of alkyl halides is 3. The number of benzene rings is 1. The Balaban J connectivity index is 1.33. The molecule has 0 unspecified atom stereocenters. The molecule has 0 bridgehead atoms. The number of pyridine rings is 1. The molecule has 3 aromatic rings. The molecule has 1 aliphatic rings. The van der Waals surface area contributed by atoms with Crippen molar-refractivity contribution in [2.45, 2.75) is 12.7 Å². The third-order valence-electron chi connectivity index (χ3n) is 4.83. The van der Waals surface area contributed by atoms with Crippen molar-refractivity contribution in [3.63, 3.8) is 0 Å². The minimum absolute atomic E-state index is 0.588. The molecule has 0 spiro atoms. The number of aromatic nitrogens is 3. The van der Waals surface area contributed by atoms with Crippen LogP contribution in [-0.4, -0.2) is 45.8 Å². The van der Waals surface area contributed by atoms with Crippen LogP contribution in [0.3, 0.4) is 0 Å². The minimum atomic E-state index is -4.35. The summed E-state index contributed by atoms with van der Waals surface area (Å²) in [7, 11) is 0. The van der Waals surface area contributed by atoms with Crippen LogP contribution in [0.15, 0.2) is 61.1 Å². The predicted molar refractivity (Wildman–Crippen MR) is 100 cm³/mol. The number of piperazine rings is 1. The summed E-state index contributed by atoms with van der Waals surface area (Å²) in [6.45, 7) is 3.88. The van der Waals surface area contributed by atoms with Crippen molar-refractivity contribution in [3.05, 3.63) is 72.2 Å². The Bertz CT molecular complexity index is 898. The van der Waals surface area contributed by atoms with Crippen molar-refractivity contribution in [2.75, 3.05) is 31.1 Å². The van der Waals surface area contributed by atoms with E-state index >= 15 is 0 Å². The first-order valence-corrected chi connectivity index (χ1v) is 9.08. The van der Waals surface area contributed by atoms with Crippen LogP contribution in [0, 0.1) is 0 Å². The number of hydrogen-bond donors (Lipinski definition) is 0. The molecule has 0 radical (unpaired) electrons. The molecule has 8 heteroatoms. The van der Waals surface area contributed by atoms with Crippen molar-refractivity contribution in [2.24, 2.45) is 0 Å². The van der Waals surface area contributed by atoms with E-state index in [0.29, 0.717) is 5.82 Å². The van der Waals surface area contributed by atoms with Gasteiger partial charge in [0.25, 0.3) is 0 Å². The highest BCUT2D eigenvalue weighted by molar-refractivity contribution is 5.40. The Kier molecular flexibility index (Phi) is 5.04. The van der Waals surface area contributed by atoms with E-state index in [1.165, 1.54) is 6.07 Å². The van der Waals surface area contributed by atoms with E-state index in [2.05, 4.69) is 15.0 Å². The second kappa shape index (κ2) is 7.63. The average molecular weight is 387 g/mol. The molecule has 0 amide bonds. The Hall–Kier alpha value is -2.87. The highest BCUT2D eigenvalue weighted by Crippen LogP contribution is 2.29. The van der Waals surface area contributed by atoms with Crippen molar-refractivity contribution in [3.8, 4) is 5.69 Å². The number of nitrogens with zero attached hydrogens (tertiary/aromatic N) is 5. The lowest BCUT2D eigenvalue weighted by molar-refractivity contribution is -0.137. The standard InChI is InChI=1S/C20H20F3N5/c21-20(22,23)17-6-7-19(24-13-17)27-10-8-26(9-11-27)14-16-12-25-28(15-16)18-4-2-1-3-5-18/h1-7,12-13,15H,8-11,14H2. The number of halogens is 3. The fourth-order valence-corrected chi connectivity index (χ4v) is 3.30. The molecule has 1 aromatic carbocycles. The first-order valence-electron chi connectivity index (χ1n) is 9.08. The first-order chi connectivity index (χ1) is 13.5. The Labute approximate surface area is 161 Å². The topological polar surface area (TPSA) is 37.2 Å². The maximum atomic E-state index is 12.7. The third-order valence-corrected chi connectivity index (χ3v) is 4.83. The van der Waals surface area contributed by atoms with Gasteiger partial charge in [-0.3, -0.25) is 4.90 Å². The van der Waals surface area contributed by atoms with Crippen LogP contribution in [0.2, 0.25) is 0 Å². The van der Waals surface area contributed by atoms with Gasteiger partial charge < -0.3 is 4.90 Å². The molecular formula is C20H20F3N5. The lowest BCUT2D eigenvalue weighted by Crippen LogP contribution is -2.46. The molecule has 4 rings (SSSR count). The average Bonchev–Trinajstić information content (AvgIpc) is 3.17. The summed E-state index contributed by atoms with van der Waals surface area (Å²) in [5, 5.41) is 4.42. The van der Waals surface area contributed by atoms with E-state index in [1.807, 2.05) is 52.3 Å². The van der Waals surface area contributed by atoms with Gasteiger partial charge >= 0.3 is 6.18 Å². The largest absolute Gasteiger partial charge is 0.417 e. The molecule has 2 aromatic heterocycles. The Morgan fingerprint density at radius 1 is 0.893 bits per heavy atom. The van der Waals surface area contributed by atoms with Gasteiger partial charge in [0.15, 0.2) is 0 Å². The molecule has 5 nitrogen and oxygen atoms in total. The van der Waals surface area contributed by atoms with Crippen molar-refractivity contribution in [1.82, 2.24) is 19.7 Å². The van der Waals surface area contributed by atoms with Gasteiger partial charge in [-0.05, 0) is 24.3 Å². The number of hydrogen-bond acceptors (Lipinski definition) is 4. The second-order valence-corrected chi connectivity index (χ2v) is 6.79. The second-order valence-electron chi connectivity index (χ2n) is 6.79. The summed E-state index contributed by atoms with van der Waals surface area (Å²) in [5.74, 6) is 0.588. The van der Waals surface area contributed by atoms with Crippen LogP contribution in [-0.2, 0) is 12.7 Å². The zero-order valence-corrected chi connectivity index (χ0v) is 15.2. The van der Waals surface area contributed by atoms with Crippen molar-refractivity contribution >= 4 is 5.82 Å². The molecule has 1 saturated heterocycles. The molecular weight excluding hydrogens is 367 g/mol. The molecule has 0 saturated carbocycles. The van der Waals surface area contributed by atoms with Crippen molar-refractivity contribution in [1.29, 1.82) is 0 Å². The fourth-order valence-electron chi connectivity index (χ4n) is 3.30. The molecule has 1 aliphatic heterocycles. The fraction of sp³-hybridized carbons (Fsp3) is 0.300. The minimum Gasteiger partial charge on any atom is -0.354 e. The summed E-state index contributed by atoms with van der Waals surface area (Å²) in [6, 6.07) is 12.5. The van der Waals surface area contributed by atoms with Crippen LogP contribution in [0.25, 0.3) is 5.69 Å². The summed E-state index contributed by atoms with van der Waals surface area (Å²) in [5.41, 5.74) is 1.43. The quantitative estimate of drug-likeness (QED) is 0.686.